The fraction of sp³-hybridized carbons (Fsp3) is 0.615. The third-order valence-corrected chi connectivity index (χ3v) is 3.93. The molecule has 2 amide bonds. The van der Waals surface area contributed by atoms with Gasteiger partial charge in [0, 0.05) is 18.0 Å². The first-order valence-electron chi connectivity index (χ1n) is 6.45. The summed E-state index contributed by atoms with van der Waals surface area (Å²) >= 11 is 1.33. The van der Waals surface area contributed by atoms with Gasteiger partial charge in [-0.1, -0.05) is 11.8 Å². The summed E-state index contributed by atoms with van der Waals surface area (Å²) in [6, 6.07) is 0.0402. The Morgan fingerprint density at radius 3 is 2.74 bits per heavy atom. The number of amides is 2. The molecule has 5 nitrogen and oxygen atoms in total. The van der Waals surface area contributed by atoms with Crippen molar-refractivity contribution in [2.45, 2.75) is 32.7 Å². The SMILES string of the molecule is CC(C)NC(=O)CN1C(=O)CS/C1=C\C(=O)C1CC1. The van der Waals surface area contributed by atoms with E-state index in [-0.39, 0.29) is 36.1 Å². The van der Waals surface area contributed by atoms with Crippen LogP contribution < -0.4 is 5.32 Å². The van der Waals surface area contributed by atoms with Gasteiger partial charge in [-0.25, -0.2) is 0 Å². The summed E-state index contributed by atoms with van der Waals surface area (Å²) in [5.41, 5.74) is 0. The number of carbonyl (C=O) groups is 3. The van der Waals surface area contributed by atoms with E-state index < -0.39 is 0 Å². The summed E-state index contributed by atoms with van der Waals surface area (Å²) in [5, 5.41) is 3.36. The zero-order valence-electron chi connectivity index (χ0n) is 11.1. The number of nitrogens with one attached hydrogen (secondary N) is 1. The van der Waals surface area contributed by atoms with Crippen molar-refractivity contribution in [1.82, 2.24) is 10.2 Å². The van der Waals surface area contributed by atoms with Gasteiger partial charge < -0.3 is 5.32 Å². The maximum Gasteiger partial charge on any atom is 0.240 e. The molecule has 0 atom stereocenters. The summed E-state index contributed by atoms with van der Waals surface area (Å²) in [6.45, 7) is 3.73. The molecule has 0 aromatic heterocycles. The zero-order valence-corrected chi connectivity index (χ0v) is 12.0. The van der Waals surface area contributed by atoms with Crippen LogP contribution in [-0.2, 0) is 14.4 Å². The molecule has 1 saturated carbocycles. The Balaban J connectivity index is 2.00. The van der Waals surface area contributed by atoms with E-state index in [1.807, 2.05) is 13.8 Å². The Morgan fingerprint density at radius 2 is 2.16 bits per heavy atom. The fourth-order valence-electron chi connectivity index (χ4n) is 1.82. The number of hydrogen-bond acceptors (Lipinski definition) is 4. The molecule has 104 valence electrons. The summed E-state index contributed by atoms with van der Waals surface area (Å²) < 4.78 is 0. The van der Waals surface area contributed by atoms with Crippen molar-refractivity contribution in [2.24, 2.45) is 5.92 Å². The number of carbonyl (C=O) groups excluding carboxylic acids is 3. The van der Waals surface area contributed by atoms with Crippen LogP contribution in [0.25, 0.3) is 0 Å². The van der Waals surface area contributed by atoms with Crippen molar-refractivity contribution in [3.8, 4) is 0 Å². The fourth-order valence-corrected chi connectivity index (χ4v) is 2.77. The lowest BCUT2D eigenvalue weighted by molar-refractivity contribution is -0.131. The number of hydrogen-bond donors (Lipinski definition) is 1. The van der Waals surface area contributed by atoms with Crippen molar-refractivity contribution in [1.29, 1.82) is 0 Å². The molecular weight excluding hydrogens is 264 g/mol. The Morgan fingerprint density at radius 1 is 1.47 bits per heavy atom. The molecule has 2 fully saturated rings. The quantitative estimate of drug-likeness (QED) is 0.761. The summed E-state index contributed by atoms with van der Waals surface area (Å²) in [5.74, 6) is 0.203. The van der Waals surface area contributed by atoms with Crippen LogP contribution in [-0.4, -0.2) is 40.8 Å². The monoisotopic (exact) mass is 282 g/mol. The Kier molecular flexibility index (Phi) is 4.29. The van der Waals surface area contributed by atoms with E-state index >= 15 is 0 Å². The van der Waals surface area contributed by atoms with Gasteiger partial charge in [0.05, 0.1) is 10.8 Å². The second-order valence-electron chi connectivity index (χ2n) is 5.15. The van der Waals surface area contributed by atoms with Crippen LogP contribution in [0.15, 0.2) is 11.1 Å². The highest BCUT2D eigenvalue weighted by atomic mass is 32.2. The lowest BCUT2D eigenvalue weighted by atomic mass is 10.2. The molecule has 0 aromatic carbocycles. The van der Waals surface area contributed by atoms with Crippen LogP contribution >= 0.6 is 11.8 Å². The highest BCUT2D eigenvalue weighted by molar-refractivity contribution is 8.04. The maximum absolute atomic E-state index is 11.7. The van der Waals surface area contributed by atoms with Gasteiger partial charge in [0.25, 0.3) is 0 Å². The molecular formula is C13H18N2O3S. The normalized spacial score (nSPS) is 21.3. The van der Waals surface area contributed by atoms with Crippen LogP contribution in [0.2, 0.25) is 0 Å². The minimum Gasteiger partial charge on any atom is -0.352 e. The zero-order chi connectivity index (χ0) is 14.0. The molecule has 19 heavy (non-hydrogen) atoms. The van der Waals surface area contributed by atoms with E-state index in [0.717, 1.165) is 12.8 Å². The average molecular weight is 282 g/mol. The van der Waals surface area contributed by atoms with Crippen molar-refractivity contribution in [3.63, 3.8) is 0 Å². The van der Waals surface area contributed by atoms with E-state index in [1.165, 1.54) is 22.7 Å². The van der Waals surface area contributed by atoms with E-state index in [2.05, 4.69) is 5.32 Å². The third-order valence-electron chi connectivity index (χ3n) is 2.91. The van der Waals surface area contributed by atoms with Gasteiger partial charge in [0.1, 0.15) is 6.54 Å². The molecule has 6 heteroatoms. The molecule has 2 aliphatic rings. The van der Waals surface area contributed by atoms with Gasteiger partial charge in [-0.3, -0.25) is 19.3 Å². The first kappa shape index (κ1) is 14.1. The molecule has 0 spiro atoms. The molecule has 1 aliphatic heterocycles. The van der Waals surface area contributed by atoms with Crippen LogP contribution in [0.1, 0.15) is 26.7 Å². The summed E-state index contributed by atoms with van der Waals surface area (Å²) in [7, 11) is 0. The number of ketones is 1. The van der Waals surface area contributed by atoms with Crippen molar-refractivity contribution in [3.05, 3.63) is 11.1 Å². The number of rotatable bonds is 5. The minimum atomic E-state index is -0.198. The third kappa shape index (κ3) is 3.83. The van der Waals surface area contributed by atoms with E-state index in [4.69, 9.17) is 0 Å². The molecule has 0 bridgehead atoms. The highest BCUT2D eigenvalue weighted by Crippen LogP contribution is 2.34. The average Bonchev–Trinajstić information content (AvgIpc) is 3.10. The van der Waals surface area contributed by atoms with Crippen LogP contribution in [0.3, 0.4) is 0 Å². The van der Waals surface area contributed by atoms with Gasteiger partial charge in [0.2, 0.25) is 11.8 Å². The predicted octanol–water partition coefficient (Wildman–Crippen LogP) is 0.907. The van der Waals surface area contributed by atoms with Gasteiger partial charge >= 0.3 is 0 Å². The molecule has 1 aliphatic carbocycles. The van der Waals surface area contributed by atoms with Gasteiger partial charge in [-0.2, -0.15) is 0 Å². The topological polar surface area (TPSA) is 66.5 Å². The molecule has 0 aromatic rings. The van der Waals surface area contributed by atoms with E-state index in [9.17, 15) is 14.4 Å². The Labute approximate surface area is 116 Å². The largest absolute Gasteiger partial charge is 0.352 e. The standard InChI is InChI=1S/C13H18N2O3S/c1-8(2)14-11(17)6-15-12(18)7-19-13(15)5-10(16)9-3-4-9/h5,8-9H,3-4,6-7H2,1-2H3,(H,14,17)/b13-5-. The molecule has 2 rings (SSSR count). The Hall–Kier alpha value is -1.30. The van der Waals surface area contributed by atoms with E-state index in [0.29, 0.717) is 10.8 Å². The predicted molar refractivity (Wildman–Crippen MR) is 73.3 cm³/mol. The number of thioether (sulfide) groups is 1. The summed E-state index contributed by atoms with van der Waals surface area (Å²) in [4.78, 5) is 36.6. The first-order valence-corrected chi connectivity index (χ1v) is 7.44. The Bertz CT molecular complexity index is 441. The van der Waals surface area contributed by atoms with Crippen molar-refractivity contribution >= 4 is 29.4 Å². The highest BCUT2D eigenvalue weighted by Gasteiger charge is 2.32. The van der Waals surface area contributed by atoms with Gasteiger partial charge in [-0.05, 0) is 26.7 Å². The number of nitrogens with zero attached hydrogens (tertiary/aromatic N) is 1. The molecule has 0 unspecified atom stereocenters. The lowest BCUT2D eigenvalue weighted by Crippen LogP contribution is -2.40. The van der Waals surface area contributed by atoms with Gasteiger partial charge in [-0.15, -0.1) is 0 Å². The van der Waals surface area contributed by atoms with Crippen LogP contribution in [0.4, 0.5) is 0 Å². The second-order valence-corrected chi connectivity index (χ2v) is 6.15. The molecule has 1 N–H and O–H groups in total. The van der Waals surface area contributed by atoms with Crippen molar-refractivity contribution in [2.75, 3.05) is 12.3 Å². The van der Waals surface area contributed by atoms with Crippen LogP contribution in [0.5, 0.6) is 0 Å². The summed E-state index contributed by atoms with van der Waals surface area (Å²) in [6.07, 6.45) is 3.40. The smallest absolute Gasteiger partial charge is 0.240 e. The lowest BCUT2D eigenvalue weighted by Gasteiger charge is -2.17. The maximum atomic E-state index is 11.7. The minimum absolute atomic E-state index is 0.00616. The molecule has 0 radical (unpaired) electrons. The second kappa shape index (κ2) is 5.77. The van der Waals surface area contributed by atoms with Crippen molar-refractivity contribution < 1.29 is 14.4 Å². The molecule has 1 saturated heterocycles. The molecule has 1 heterocycles. The van der Waals surface area contributed by atoms with E-state index in [1.54, 1.807) is 0 Å². The number of allylic oxidation sites excluding steroid dienone is 1. The first-order chi connectivity index (χ1) is 8.97. The van der Waals surface area contributed by atoms with Crippen LogP contribution in [0, 0.1) is 5.92 Å². The van der Waals surface area contributed by atoms with Gasteiger partial charge in [0.15, 0.2) is 5.78 Å².